The second-order valence-electron chi connectivity index (χ2n) is 4.16. The molecule has 0 bridgehead atoms. The Labute approximate surface area is 121 Å². The number of amides is 1. The maximum absolute atomic E-state index is 12.5. The van der Waals surface area contributed by atoms with E-state index >= 15 is 0 Å². The molecule has 4 nitrogen and oxygen atoms in total. The van der Waals surface area contributed by atoms with Crippen LogP contribution in [0.1, 0.15) is 23.7 Å². The Kier molecular flexibility index (Phi) is 4.85. The van der Waals surface area contributed by atoms with E-state index in [4.69, 9.17) is 0 Å². The van der Waals surface area contributed by atoms with Crippen molar-refractivity contribution < 1.29 is 4.79 Å². The molecule has 0 aliphatic carbocycles. The van der Waals surface area contributed by atoms with Gasteiger partial charge in [0.1, 0.15) is 5.52 Å². The van der Waals surface area contributed by atoms with Crippen molar-refractivity contribution in [1.29, 1.82) is 0 Å². The number of halogens is 1. The van der Waals surface area contributed by atoms with Crippen LogP contribution in [0, 0.1) is 0 Å². The zero-order valence-corrected chi connectivity index (χ0v) is 12.4. The number of aromatic nitrogens is 2. The molecule has 19 heavy (non-hydrogen) atoms. The number of carbonyl (C=O) groups excluding carboxylic acids is 1. The van der Waals surface area contributed by atoms with Crippen molar-refractivity contribution in [2.75, 3.05) is 18.4 Å². The topological polar surface area (TPSA) is 46.1 Å². The van der Waals surface area contributed by atoms with Crippen LogP contribution < -0.4 is 0 Å². The van der Waals surface area contributed by atoms with Crippen LogP contribution in [0.2, 0.25) is 0 Å². The van der Waals surface area contributed by atoms with Crippen molar-refractivity contribution in [2.24, 2.45) is 0 Å². The standard InChI is InChI=1S/C14H16BrN3O/c1-2-18(10-4-7-15)14(19)11-5-3-6-12-13(11)17-9-8-16-12/h3,5-6,8-9H,2,4,7,10H2,1H3. The predicted octanol–water partition coefficient (Wildman–Crippen LogP) is 2.88. The van der Waals surface area contributed by atoms with E-state index in [1.54, 1.807) is 12.4 Å². The quantitative estimate of drug-likeness (QED) is 0.795. The second kappa shape index (κ2) is 6.61. The highest BCUT2D eigenvalue weighted by Gasteiger charge is 2.17. The van der Waals surface area contributed by atoms with E-state index in [2.05, 4.69) is 25.9 Å². The van der Waals surface area contributed by atoms with E-state index in [0.717, 1.165) is 23.8 Å². The third-order valence-corrected chi connectivity index (χ3v) is 3.52. The van der Waals surface area contributed by atoms with Gasteiger partial charge < -0.3 is 4.90 Å². The number of hydrogen-bond acceptors (Lipinski definition) is 3. The minimum absolute atomic E-state index is 0.0227. The highest BCUT2D eigenvalue weighted by Crippen LogP contribution is 2.16. The average Bonchev–Trinajstić information content (AvgIpc) is 2.47. The number of alkyl halides is 1. The highest BCUT2D eigenvalue weighted by molar-refractivity contribution is 9.09. The van der Waals surface area contributed by atoms with Gasteiger partial charge in [-0.1, -0.05) is 22.0 Å². The molecule has 0 N–H and O–H groups in total. The number of carbonyl (C=O) groups is 1. The van der Waals surface area contributed by atoms with Gasteiger partial charge in [0, 0.05) is 30.8 Å². The van der Waals surface area contributed by atoms with Crippen molar-refractivity contribution >= 4 is 32.9 Å². The molecule has 5 heteroatoms. The molecule has 0 saturated heterocycles. The molecule has 2 rings (SSSR count). The largest absolute Gasteiger partial charge is 0.339 e. The summed E-state index contributed by atoms with van der Waals surface area (Å²) in [5.41, 5.74) is 2.05. The van der Waals surface area contributed by atoms with Crippen LogP contribution in [0.15, 0.2) is 30.6 Å². The molecule has 100 valence electrons. The highest BCUT2D eigenvalue weighted by atomic mass is 79.9. The summed E-state index contributed by atoms with van der Waals surface area (Å²) in [6.07, 6.45) is 4.20. The molecule has 0 aliphatic rings. The first-order chi connectivity index (χ1) is 9.27. The number of hydrogen-bond donors (Lipinski definition) is 0. The van der Waals surface area contributed by atoms with Gasteiger partial charge in [-0.15, -0.1) is 0 Å². The maximum Gasteiger partial charge on any atom is 0.256 e. The molecule has 0 saturated carbocycles. The molecular formula is C14H16BrN3O. The fourth-order valence-corrected chi connectivity index (χ4v) is 2.24. The Morgan fingerprint density at radius 3 is 2.84 bits per heavy atom. The normalized spacial score (nSPS) is 10.6. The summed E-state index contributed by atoms with van der Waals surface area (Å²) in [7, 11) is 0. The fraction of sp³-hybridized carbons (Fsp3) is 0.357. The van der Waals surface area contributed by atoms with Crippen LogP contribution >= 0.6 is 15.9 Å². The average molecular weight is 322 g/mol. The Balaban J connectivity index is 2.35. The monoisotopic (exact) mass is 321 g/mol. The molecule has 0 radical (unpaired) electrons. The number of benzene rings is 1. The second-order valence-corrected chi connectivity index (χ2v) is 4.95. The van der Waals surface area contributed by atoms with Gasteiger partial charge in [-0.25, -0.2) is 0 Å². The Morgan fingerprint density at radius 1 is 1.32 bits per heavy atom. The van der Waals surface area contributed by atoms with Gasteiger partial charge in [0.25, 0.3) is 5.91 Å². The van der Waals surface area contributed by atoms with Crippen molar-refractivity contribution in [2.45, 2.75) is 13.3 Å². The lowest BCUT2D eigenvalue weighted by Crippen LogP contribution is -2.32. The van der Waals surface area contributed by atoms with Crippen molar-refractivity contribution in [3.05, 3.63) is 36.2 Å². The molecular weight excluding hydrogens is 306 g/mol. The molecule has 0 spiro atoms. The summed E-state index contributed by atoms with van der Waals surface area (Å²) in [5, 5.41) is 0.895. The SMILES string of the molecule is CCN(CCCBr)C(=O)c1cccc2nccnc12. The predicted molar refractivity (Wildman–Crippen MR) is 79.5 cm³/mol. The van der Waals surface area contributed by atoms with Crippen LogP contribution in [-0.2, 0) is 0 Å². The van der Waals surface area contributed by atoms with E-state index < -0.39 is 0 Å². The number of para-hydroxylation sites is 1. The number of rotatable bonds is 5. The molecule has 1 aromatic carbocycles. The third kappa shape index (κ3) is 3.10. The molecule has 1 heterocycles. The maximum atomic E-state index is 12.5. The van der Waals surface area contributed by atoms with Crippen molar-refractivity contribution in [3.8, 4) is 0 Å². The summed E-state index contributed by atoms with van der Waals surface area (Å²) >= 11 is 3.39. The third-order valence-electron chi connectivity index (χ3n) is 2.96. The van der Waals surface area contributed by atoms with Gasteiger partial charge >= 0.3 is 0 Å². The van der Waals surface area contributed by atoms with E-state index in [1.807, 2.05) is 30.0 Å². The van der Waals surface area contributed by atoms with Gasteiger partial charge in [-0.05, 0) is 25.5 Å². The number of nitrogens with zero attached hydrogens (tertiary/aromatic N) is 3. The molecule has 0 aliphatic heterocycles. The van der Waals surface area contributed by atoms with Crippen LogP contribution in [0.4, 0.5) is 0 Å². The van der Waals surface area contributed by atoms with Gasteiger partial charge in [-0.3, -0.25) is 14.8 Å². The Morgan fingerprint density at radius 2 is 2.11 bits per heavy atom. The molecule has 1 aromatic heterocycles. The Bertz CT molecular complexity index is 568. The van der Waals surface area contributed by atoms with E-state index in [9.17, 15) is 4.79 Å². The molecule has 0 atom stereocenters. The summed E-state index contributed by atoms with van der Waals surface area (Å²) < 4.78 is 0. The van der Waals surface area contributed by atoms with Gasteiger partial charge in [0.05, 0.1) is 11.1 Å². The summed E-state index contributed by atoms with van der Waals surface area (Å²) in [6, 6.07) is 5.53. The smallest absolute Gasteiger partial charge is 0.256 e. The van der Waals surface area contributed by atoms with Crippen LogP contribution in [0.5, 0.6) is 0 Å². The van der Waals surface area contributed by atoms with E-state index in [-0.39, 0.29) is 5.91 Å². The Hall–Kier alpha value is -1.49. The molecule has 0 fully saturated rings. The fourth-order valence-electron chi connectivity index (χ4n) is 1.99. The first-order valence-corrected chi connectivity index (χ1v) is 7.45. The minimum Gasteiger partial charge on any atom is -0.339 e. The van der Waals surface area contributed by atoms with E-state index in [0.29, 0.717) is 17.6 Å². The zero-order valence-electron chi connectivity index (χ0n) is 10.8. The van der Waals surface area contributed by atoms with Crippen molar-refractivity contribution in [3.63, 3.8) is 0 Å². The van der Waals surface area contributed by atoms with Gasteiger partial charge in [0.15, 0.2) is 0 Å². The van der Waals surface area contributed by atoms with E-state index in [1.165, 1.54) is 0 Å². The van der Waals surface area contributed by atoms with Crippen LogP contribution in [0.25, 0.3) is 11.0 Å². The van der Waals surface area contributed by atoms with Gasteiger partial charge in [-0.2, -0.15) is 0 Å². The van der Waals surface area contributed by atoms with Crippen LogP contribution in [-0.4, -0.2) is 39.2 Å². The first kappa shape index (κ1) is 13.9. The summed E-state index contributed by atoms with van der Waals surface area (Å²) in [6.45, 7) is 3.43. The summed E-state index contributed by atoms with van der Waals surface area (Å²) in [5.74, 6) is 0.0227. The minimum atomic E-state index is 0.0227. The first-order valence-electron chi connectivity index (χ1n) is 6.33. The lowest BCUT2D eigenvalue weighted by Gasteiger charge is -2.20. The van der Waals surface area contributed by atoms with Crippen LogP contribution in [0.3, 0.4) is 0 Å². The molecule has 0 unspecified atom stereocenters. The summed E-state index contributed by atoms with van der Waals surface area (Å²) in [4.78, 5) is 22.9. The molecule has 2 aromatic rings. The van der Waals surface area contributed by atoms with Gasteiger partial charge in [0.2, 0.25) is 0 Å². The lowest BCUT2D eigenvalue weighted by molar-refractivity contribution is 0.0767. The lowest BCUT2D eigenvalue weighted by atomic mass is 10.1. The molecule has 1 amide bonds. The van der Waals surface area contributed by atoms with Crippen molar-refractivity contribution in [1.82, 2.24) is 14.9 Å². The zero-order chi connectivity index (χ0) is 13.7. The number of fused-ring (bicyclic) bond motifs is 1.